The smallest absolute Gasteiger partial charge is 0.269 e. The van der Waals surface area contributed by atoms with Crippen molar-refractivity contribution in [2.75, 3.05) is 3.53 Å². The summed E-state index contributed by atoms with van der Waals surface area (Å²) in [5.74, 6) is 0. The van der Waals surface area contributed by atoms with E-state index in [1.807, 2.05) is 47.1 Å². The molecule has 0 aliphatic heterocycles. The third-order valence-corrected chi connectivity index (χ3v) is 2.94. The van der Waals surface area contributed by atoms with Crippen LogP contribution in [0.25, 0.3) is 0 Å². The average molecular weight is 368 g/mol. The molecule has 2 aromatic carbocycles. The standard InChI is InChI=1S/C12H9IN4O2/c13-14-9-1-3-10(4-2-9)15-16-11-5-7-12(8-6-11)17(18)19/h1-8,14H. The van der Waals surface area contributed by atoms with Gasteiger partial charge in [-0.05, 0) is 36.4 Å². The van der Waals surface area contributed by atoms with Crippen LogP contribution in [0.2, 0.25) is 0 Å². The van der Waals surface area contributed by atoms with E-state index in [1.54, 1.807) is 12.1 Å². The Balaban J connectivity index is 2.10. The van der Waals surface area contributed by atoms with Crippen LogP contribution in [0.15, 0.2) is 58.8 Å². The van der Waals surface area contributed by atoms with E-state index in [-0.39, 0.29) is 5.69 Å². The van der Waals surface area contributed by atoms with Gasteiger partial charge in [0.25, 0.3) is 5.69 Å². The molecule has 7 heteroatoms. The zero-order valence-electron chi connectivity index (χ0n) is 9.65. The first-order valence-electron chi connectivity index (χ1n) is 5.32. The van der Waals surface area contributed by atoms with E-state index in [2.05, 4.69) is 13.8 Å². The molecule has 0 aromatic heterocycles. The van der Waals surface area contributed by atoms with Crippen molar-refractivity contribution in [2.45, 2.75) is 0 Å². The van der Waals surface area contributed by atoms with E-state index in [0.29, 0.717) is 11.4 Å². The fourth-order valence-electron chi connectivity index (χ4n) is 1.35. The van der Waals surface area contributed by atoms with Gasteiger partial charge in [0.05, 0.1) is 39.2 Å². The maximum absolute atomic E-state index is 10.5. The van der Waals surface area contributed by atoms with Crippen molar-refractivity contribution in [1.29, 1.82) is 0 Å². The first kappa shape index (κ1) is 13.4. The molecule has 0 saturated heterocycles. The van der Waals surface area contributed by atoms with Crippen molar-refractivity contribution in [3.05, 3.63) is 58.6 Å². The summed E-state index contributed by atoms with van der Waals surface area (Å²) in [7, 11) is 0. The van der Waals surface area contributed by atoms with Gasteiger partial charge in [-0.3, -0.25) is 10.1 Å². The second-order valence-corrected chi connectivity index (χ2v) is 4.15. The number of anilines is 1. The summed E-state index contributed by atoms with van der Waals surface area (Å²) in [6, 6.07) is 13.3. The molecular weight excluding hydrogens is 359 g/mol. The Kier molecular flexibility index (Phi) is 4.39. The maximum Gasteiger partial charge on any atom is 0.269 e. The summed E-state index contributed by atoms with van der Waals surface area (Å²) in [4.78, 5) is 10.0. The van der Waals surface area contributed by atoms with Gasteiger partial charge in [-0.2, -0.15) is 10.2 Å². The molecule has 0 aliphatic rings. The lowest BCUT2D eigenvalue weighted by molar-refractivity contribution is -0.384. The number of hydrogen-bond donors (Lipinski definition) is 1. The number of nitrogens with one attached hydrogen (secondary N) is 1. The number of rotatable bonds is 4. The summed E-state index contributed by atoms with van der Waals surface area (Å²) in [6.45, 7) is 0. The summed E-state index contributed by atoms with van der Waals surface area (Å²) in [5.41, 5.74) is 2.31. The number of nitrogens with zero attached hydrogens (tertiary/aromatic N) is 3. The van der Waals surface area contributed by atoms with Crippen molar-refractivity contribution in [3.8, 4) is 0 Å². The van der Waals surface area contributed by atoms with E-state index in [4.69, 9.17) is 0 Å². The van der Waals surface area contributed by atoms with Crippen LogP contribution < -0.4 is 3.53 Å². The van der Waals surface area contributed by atoms with Crippen molar-refractivity contribution in [3.63, 3.8) is 0 Å². The van der Waals surface area contributed by atoms with Crippen LogP contribution in [0.4, 0.5) is 22.7 Å². The molecule has 0 saturated carbocycles. The fourth-order valence-corrected chi connectivity index (χ4v) is 1.71. The fraction of sp³-hybridized carbons (Fsp3) is 0. The first-order valence-corrected chi connectivity index (χ1v) is 6.40. The van der Waals surface area contributed by atoms with Crippen LogP contribution in [0.3, 0.4) is 0 Å². The van der Waals surface area contributed by atoms with Gasteiger partial charge in [-0.1, -0.05) is 0 Å². The molecule has 0 heterocycles. The largest absolute Gasteiger partial charge is 0.328 e. The van der Waals surface area contributed by atoms with Gasteiger partial charge in [0.2, 0.25) is 0 Å². The molecule has 0 amide bonds. The van der Waals surface area contributed by atoms with Crippen molar-refractivity contribution >= 4 is 45.6 Å². The number of non-ortho nitro benzene ring substituents is 1. The SMILES string of the molecule is O=[N+]([O-])c1ccc(N=Nc2ccc(NI)cc2)cc1. The highest BCUT2D eigenvalue weighted by molar-refractivity contribution is 14.1. The number of benzene rings is 2. The number of azo groups is 1. The molecule has 1 N–H and O–H groups in total. The summed E-state index contributed by atoms with van der Waals surface area (Å²) in [6.07, 6.45) is 0. The second kappa shape index (κ2) is 6.23. The van der Waals surface area contributed by atoms with Gasteiger partial charge in [-0.25, -0.2) is 0 Å². The van der Waals surface area contributed by atoms with Gasteiger partial charge >= 0.3 is 0 Å². The normalized spacial score (nSPS) is 10.6. The molecule has 0 spiro atoms. The lowest BCUT2D eigenvalue weighted by Gasteiger charge is -1.97. The van der Waals surface area contributed by atoms with Crippen LogP contribution in [0.5, 0.6) is 0 Å². The predicted molar refractivity (Wildman–Crippen MR) is 81.4 cm³/mol. The molecule has 96 valence electrons. The van der Waals surface area contributed by atoms with Gasteiger partial charge < -0.3 is 3.53 Å². The molecule has 0 aliphatic carbocycles. The molecule has 0 radical (unpaired) electrons. The van der Waals surface area contributed by atoms with E-state index in [1.165, 1.54) is 12.1 Å². The van der Waals surface area contributed by atoms with Crippen molar-refractivity contribution in [1.82, 2.24) is 0 Å². The topological polar surface area (TPSA) is 79.9 Å². The highest BCUT2D eigenvalue weighted by Gasteiger charge is 2.02. The monoisotopic (exact) mass is 368 g/mol. The Morgan fingerprint density at radius 1 is 0.947 bits per heavy atom. The Hall–Kier alpha value is -2.03. The quantitative estimate of drug-likeness (QED) is 0.278. The third kappa shape index (κ3) is 3.71. The number of halogens is 1. The Labute approximate surface area is 123 Å². The van der Waals surface area contributed by atoms with Gasteiger partial charge in [0.15, 0.2) is 0 Å². The molecule has 0 bridgehead atoms. The van der Waals surface area contributed by atoms with Gasteiger partial charge in [-0.15, -0.1) is 0 Å². The van der Waals surface area contributed by atoms with E-state index in [9.17, 15) is 10.1 Å². The van der Waals surface area contributed by atoms with Crippen LogP contribution in [-0.2, 0) is 0 Å². The summed E-state index contributed by atoms with van der Waals surface area (Å²) < 4.78 is 2.98. The van der Waals surface area contributed by atoms with Crippen LogP contribution in [-0.4, -0.2) is 4.92 Å². The zero-order valence-corrected chi connectivity index (χ0v) is 11.8. The maximum atomic E-state index is 10.5. The zero-order chi connectivity index (χ0) is 13.7. The minimum absolute atomic E-state index is 0.0384. The van der Waals surface area contributed by atoms with Crippen LogP contribution in [0.1, 0.15) is 0 Å². The molecule has 0 fully saturated rings. The first-order chi connectivity index (χ1) is 9.19. The molecule has 0 atom stereocenters. The van der Waals surface area contributed by atoms with E-state index < -0.39 is 4.92 Å². The summed E-state index contributed by atoms with van der Waals surface area (Å²) >= 11 is 2.04. The molecule has 19 heavy (non-hydrogen) atoms. The van der Waals surface area contributed by atoms with Gasteiger partial charge in [0.1, 0.15) is 0 Å². The van der Waals surface area contributed by atoms with Gasteiger partial charge in [0, 0.05) is 17.8 Å². The Morgan fingerprint density at radius 3 is 1.84 bits per heavy atom. The van der Waals surface area contributed by atoms with Crippen LogP contribution in [0, 0.1) is 10.1 Å². The molecule has 6 nitrogen and oxygen atoms in total. The second-order valence-electron chi connectivity index (χ2n) is 3.61. The Bertz CT molecular complexity index is 596. The van der Waals surface area contributed by atoms with Crippen LogP contribution >= 0.6 is 22.9 Å². The lowest BCUT2D eigenvalue weighted by atomic mass is 10.3. The molecule has 2 rings (SSSR count). The lowest BCUT2D eigenvalue weighted by Crippen LogP contribution is -1.85. The molecular formula is C12H9IN4O2. The highest BCUT2D eigenvalue weighted by Crippen LogP contribution is 2.22. The average Bonchev–Trinajstić information content (AvgIpc) is 2.46. The summed E-state index contributed by atoms with van der Waals surface area (Å²) in [5, 5.41) is 18.6. The molecule has 2 aromatic rings. The minimum atomic E-state index is -0.448. The van der Waals surface area contributed by atoms with E-state index >= 15 is 0 Å². The Morgan fingerprint density at radius 2 is 1.42 bits per heavy atom. The number of nitro groups is 1. The third-order valence-electron chi connectivity index (χ3n) is 2.32. The number of hydrogen-bond acceptors (Lipinski definition) is 5. The van der Waals surface area contributed by atoms with Crippen molar-refractivity contribution < 1.29 is 4.92 Å². The predicted octanol–water partition coefficient (Wildman–Crippen LogP) is 4.77. The van der Waals surface area contributed by atoms with Crippen molar-refractivity contribution in [2.24, 2.45) is 10.2 Å². The minimum Gasteiger partial charge on any atom is -0.328 e. The van der Waals surface area contributed by atoms with E-state index in [0.717, 1.165) is 5.69 Å². The number of nitro benzene ring substituents is 1. The molecule has 0 unspecified atom stereocenters. The highest BCUT2D eigenvalue weighted by atomic mass is 127.